The molecule has 0 spiro atoms. The maximum absolute atomic E-state index is 13.4. The van der Waals surface area contributed by atoms with Gasteiger partial charge in [0.2, 0.25) is 5.91 Å². The number of carbonyl (C=O) groups excluding carboxylic acids is 1. The van der Waals surface area contributed by atoms with E-state index in [1.165, 1.54) is 6.07 Å². The number of benzene rings is 3. The molecule has 0 saturated carbocycles. The van der Waals surface area contributed by atoms with Crippen LogP contribution in [0.3, 0.4) is 0 Å². The van der Waals surface area contributed by atoms with E-state index in [9.17, 15) is 14.3 Å². The number of nitrogens with two attached hydrogens (primary N) is 1. The van der Waals surface area contributed by atoms with Gasteiger partial charge < -0.3 is 26.4 Å². The van der Waals surface area contributed by atoms with Gasteiger partial charge in [-0.25, -0.2) is 9.37 Å². The van der Waals surface area contributed by atoms with Crippen molar-refractivity contribution in [2.75, 3.05) is 30.0 Å². The first kappa shape index (κ1) is 26.8. The molecule has 0 unspecified atom stereocenters. The molecule has 0 aliphatic rings. The molecule has 7 nitrogen and oxygen atoms in total. The molecular formula is C29H29ClFN5O2. The van der Waals surface area contributed by atoms with Crippen LogP contribution in [0.2, 0.25) is 5.02 Å². The van der Waals surface area contributed by atoms with Crippen molar-refractivity contribution in [1.82, 2.24) is 10.3 Å². The van der Waals surface area contributed by atoms with Crippen molar-refractivity contribution in [2.24, 2.45) is 0 Å². The van der Waals surface area contributed by atoms with Crippen molar-refractivity contribution in [3.8, 4) is 17.0 Å². The van der Waals surface area contributed by atoms with Gasteiger partial charge in [-0.1, -0.05) is 29.8 Å². The minimum absolute atomic E-state index is 0.0191. The highest BCUT2D eigenvalue weighted by Gasteiger charge is 2.12. The summed E-state index contributed by atoms with van der Waals surface area (Å²) in [6, 6.07) is 21.1. The Morgan fingerprint density at radius 3 is 2.47 bits per heavy atom. The fourth-order valence-electron chi connectivity index (χ4n) is 3.93. The predicted molar refractivity (Wildman–Crippen MR) is 152 cm³/mol. The number of aromatic nitrogens is 1. The third kappa shape index (κ3) is 6.52. The number of phenolic OH excluding ortho intramolecular Hbond substituents is 1. The van der Waals surface area contributed by atoms with Gasteiger partial charge in [0.05, 0.1) is 12.1 Å². The van der Waals surface area contributed by atoms with E-state index < -0.39 is 6.67 Å². The number of phenols is 1. The fraction of sp³-hybridized carbons (Fsp3) is 0.172. The third-order valence-electron chi connectivity index (χ3n) is 6.07. The fourth-order valence-corrected chi connectivity index (χ4v) is 4.12. The van der Waals surface area contributed by atoms with Crippen LogP contribution in [-0.4, -0.2) is 30.1 Å². The van der Waals surface area contributed by atoms with Crippen molar-refractivity contribution in [3.63, 3.8) is 0 Å². The van der Waals surface area contributed by atoms with E-state index in [-0.39, 0.29) is 30.4 Å². The molecule has 5 N–H and O–H groups in total. The number of carbonyl (C=O) groups is 1. The molecule has 4 aromatic rings. The largest absolute Gasteiger partial charge is 0.507 e. The highest BCUT2D eigenvalue weighted by molar-refractivity contribution is 6.30. The minimum atomic E-state index is -0.674. The number of amides is 1. The van der Waals surface area contributed by atoms with Crippen molar-refractivity contribution in [2.45, 2.75) is 19.6 Å². The van der Waals surface area contributed by atoms with E-state index in [2.05, 4.69) is 15.6 Å². The monoisotopic (exact) mass is 533 g/mol. The Bertz CT molecular complexity index is 1440. The van der Waals surface area contributed by atoms with Crippen LogP contribution in [-0.2, 0) is 24.4 Å². The molecule has 0 atom stereocenters. The lowest BCUT2D eigenvalue weighted by molar-refractivity contribution is -0.120. The summed E-state index contributed by atoms with van der Waals surface area (Å²) in [4.78, 5) is 18.9. The van der Waals surface area contributed by atoms with E-state index >= 15 is 0 Å². The summed E-state index contributed by atoms with van der Waals surface area (Å²) in [6.07, 6.45) is 0.254. The summed E-state index contributed by atoms with van der Waals surface area (Å²) in [6.45, 7) is -0.448. The Hall–Kier alpha value is -4.30. The second-order valence-corrected chi connectivity index (χ2v) is 9.48. The molecule has 38 heavy (non-hydrogen) atoms. The SMILES string of the molecule is CN(C)c1ccc(CC(=O)NCc2ccc(-c3cc(Nc4ccc(Cl)cc4CF)ccc3O)nc2N)cc1. The lowest BCUT2D eigenvalue weighted by atomic mass is 10.1. The van der Waals surface area contributed by atoms with Crippen molar-refractivity contribution in [3.05, 3.63) is 94.5 Å². The number of pyridine rings is 1. The van der Waals surface area contributed by atoms with E-state index in [0.717, 1.165) is 11.3 Å². The van der Waals surface area contributed by atoms with Crippen molar-refractivity contribution in [1.29, 1.82) is 0 Å². The lowest BCUT2D eigenvalue weighted by Crippen LogP contribution is -2.25. The number of nitrogen functional groups attached to an aromatic ring is 1. The average Bonchev–Trinajstić information content (AvgIpc) is 2.90. The summed E-state index contributed by atoms with van der Waals surface area (Å²) >= 11 is 5.97. The molecule has 196 valence electrons. The lowest BCUT2D eigenvalue weighted by Gasteiger charge is -2.14. The van der Waals surface area contributed by atoms with E-state index in [0.29, 0.717) is 38.8 Å². The van der Waals surface area contributed by atoms with Gasteiger partial charge in [0.1, 0.15) is 18.2 Å². The summed E-state index contributed by atoms with van der Waals surface area (Å²) in [5.74, 6) is 0.135. The Morgan fingerprint density at radius 2 is 1.79 bits per heavy atom. The number of aromatic hydroxyl groups is 1. The van der Waals surface area contributed by atoms with Crippen molar-refractivity contribution >= 4 is 40.4 Å². The Morgan fingerprint density at radius 1 is 1.03 bits per heavy atom. The first-order valence-electron chi connectivity index (χ1n) is 12.0. The smallest absolute Gasteiger partial charge is 0.224 e. The summed E-state index contributed by atoms with van der Waals surface area (Å²) < 4.78 is 13.4. The maximum atomic E-state index is 13.4. The van der Waals surface area contributed by atoms with E-state index in [1.54, 1.807) is 42.5 Å². The third-order valence-corrected chi connectivity index (χ3v) is 6.30. The number of anilines is 4. The molecule has 1 amide bonds. The summed E-state index contributed by atoms with van der Waals surface area (Å²) in [5, 5.41) is 17.0. The Balaban J connectivity index is 1.44. The highest BCUT2D eigenvalue weighted by atomic mass is 35.5. The van der Waals surface area contributed by atoms with Gasteiger partial charge in [0, 0.05) is 59.4 Å². The Kier molecular flexibility index (Phi) is 8.33. The molecular weight excluding hydrogens is 505 g/mol. The number of nitrogens with zero attached hydrogens (tertiary/aromatic N) is 2. The number of hydrogen-bond donors (Lipinski definition) is 4. The summed E-state index contributed by atoms with van der Waals surface area (Å²) in [5.41, 5.74) is 11.4. The van der Waals surface area contributed by atoms with Crippen LogP contribution < -0.4 is 21.3 Å². The second-order valence-electron chi connectivity index (χ2n) is 9.05. The molecule has 3 aromatic carbocycles. The number of nitrogens with one attached hydrogen (secondary N) is 2. The quantitative estimate of drug-likeness (QED) is 0.202. The average molecular weight is 534 g/mol. The topological polar surface area (TPSA) is 104 Å². The Labute approximate surface area is 226 Å². The van der Waals surface area contributed by atoms with Gasteiger partial charge >= 0.3 is 0 Å². The number of alkyl halides is 1. The molecule has 0 radical (unpaired) electrons. The maximum Gasteiger partial charge on any atom is 0.224 e. The van der Waals surface area contributed by atoms with Crippen LogP contribution in [0.15, 0.2) is 72.8 Å². The van der Waals surface area contributed by atoms with Gasteiger partial charge in [0.15, 0.2) is 0 Å². The van der Waals surface area contributed by atoms with E-state index in [4.69, 9.17) is 17.3 Å². The van der Waals surface area contributed by atoms with Crippen LogP contribution >= 0.6 is 11.6 Å². The van der Waals surface area contributed by atoms with Gasteiger partial charge in [0.25, 0.3) is 0 Å². The number of hydrogen-bond acceptors (Lipinski definition) is 6. The van der Waals surface area contributed by atoms with Crippen LogP contribution in [0.4, 0.5) is 27.3 Å². The van der Waals surface area contributed by atoms with Crippen LogP contribution in [0.5, 0.6) is 5.75 Å². The van der Waals surface area contributed by atoms with Gasteiger partial charge in [-0.2, -0.15) is 0 Å². The molecule has 0 bridgehead atoms. The molecule has 9 heteroatoms. The second kappa shape index (κ2) is 11.8. The molecule has 0 saturated heterocycles. The van der Waals surface area contributed by atoms with Crippen LogP contribution in [0, 0.1) is 0 Å². The first-order valence-corrected chi connectivity index (χ1v) is 12.3. The van der Waals surface area contributed by atoms with E-state index in [1.807, 2.05) is 43.3 Å². The van der Waals surface area contributed by atoms with Gasteiger partial charge in [-0.15, -0.1) is 0 Å². The molecule has 1 heterocycles. The van der Waals surface area contributed by atoms with Gasteiger partial charge in [-0.05, 0) is 60.2 Å². The summed E-state index contributed by atoms with van der Waals surface area (Å²) in [7, 11) is 3.93. The van der Waals surface area contributed by atoms with Crippen molar-refractivity contribution < 1.29 is 14.3 Å². The van der Waals surface area contributed by atoms with Gasteiger partial charge in [-0.3, -0.25) is 4.79 Å². The number of halogens is 2. The standard InChI is InChI=1S/C29H29ClFN5O2/c1-36(2)23-8-3-18(4-9-23)13-28(38)33-17-19-5-10-26(35-29(19)32)24-15-22(7-12-27(24)37)34-25-11-6-21(30)14-20(25)16-31/h3-12,14-15,34,37H,13,16-17H2,1-2H3,(H2,32,35)(H,33,38). The molecule has 0 aliphatic carbocycles. The van der Waals surface area contributed by atoms with Crippen LogP contribution in [0.25, 0.3) is 11.3 Å². The zero-order valence-corrected chi connectivity index (χ0v) is 21.9. The zero-order valence-electron chi connectivity index (χ0n) is 21.1. The number of rotatable bonds is 9. The molecule has 0 aliphatic heterocycles. The molecule has 4 rings (SSSR count). The zero-order chi connectivity index (χ0) is 27.2. The molecule has 1 aromatic heterocycles. The predicted octanol–water partition coefficient (Wildman–Crippen LogP) is 5.83. The van der Waals surface area contributed by atoms with Crippen LogP contribution in [0.1, 0.15) is 16.7 Å². The first-order chi connectivity index (χ1) is 18.2. The normalized spacial score (nSPS) is 10.7. The minimum Gasteiger partial charge on any atom is -0.507 e. The molecule has 0 fully saturated rings. The highest BCUT2D eigenvalue weighted by Crippen LogP contribution is 2.33.